The van der Waals surface area contributed by atoms with Crippen LogP contribution in [0, 0.1) is 0 Å². The van der Waals surface area contributed by atoms with Crippen molar-refractivity contribution in [3.05, 3.63) is 107 Å². The Balaban J connectivity index is 0.000000447. The fourth-order valence-electron chi connectivity index (χ4n) is 4.27. The molecule has 2 nitrogen and oxygen atoms in total. The van der Waals surface area contributed by atoms with Gasteiger partial charge in [-0.05, 0) is 103 Å². The number of benzene rings is 2. The van der Waals surface area contributed by atoms with Gasteiger partial charge in [0.1, 0.15) is 0 Å². The van der Waals surface area contributed by atoms with Gasteiger partial charge in [0.2, 0.25) is 8.32 Å². The van der Waals surface area contributed by atoms with Gasteiger partial charge in [0, 0.05) is 8.07 Å². The quantitative estimate of drug-likeness (QED) is 0.168. The average Bonchev–Trinajstić information content (AvgIpc) is 2.90. The number of hydrogen-bond acceptors (Lipinski definition) is 2. The van der Waals surface area contributed by atoms with Crippen LogP contribution >= 0.6 is 0 Å². The molecule has 0 N–H and O–H groups in total. The van der Waals surface area contributed by atoms with E-state index in [0.717, 1.165) is 12.8 Å². The third kappa shape index (κ3) is 16.8. The minimum absolute atomic E-state index is 0.214. The summed E-state index contributed by atoms with van der Waals surface area (Å²) in [7, 11) is -4.24. The van der Waals surface area contributed by atoms with Gasteiger partial charge < -0.3 is 8.85 Å². The number of hydrogen-bond donors (Lipinski definition) is 0. The monoisotopic (exact) mass is 650 g/mol. The summed E-state index contributed by atoms with van der Waals surface area (Å²) >= 11 is 0. The molecule has 0 spiro atoms. The van der Waals surface area contributed by atoms with Crippen molar-refractivity contribution in [3.63, 3.8) is 0 Å². The van der Waals surface area contributed by atoms with Crippen LogP contribution in [0.25, 0.3) is 0 Å². The lowest BCUT2D eigenvalue weighted by atomic mass is 9.86. The summed E-state index contributed by atoms with van der Waals surface area (Å²) in [5, 5.41) is 0. The topological polar surface area (TPSA) is 18.5 Å². The van der Waals surface area contributed by atoms with Crippen molar-refractivity contribution in [3.8, 4) is 0 Å². The standard InChI is InChI=1S/C21H38OSi2.C18H28OSi/c1-18(17-22-24(8,9)15-14-23(5,6)7)16-19-10-12-20(13-11-19)21(2,3)4;1-8-20(6,7)19-14-15(2)13-16-9-11-17(12-10-16)18(3,4)5/h10-13,17H,14-16H2,1-9H3;8-12,14H,1,13H2,2-7H3/b18-17+;15-14+. The third-order valence-electron chi connectivity index (χ3n) is 7.72. The summed E-state index contributed by atoms with van der Waals surface area (Å²) in [5.41, 5.74) is 10.4. The van der Waals surface area contributed by atoms with E-state index in [-0.39, 0.29) is 10.8 Å². The zero-order valence-corrected chi connectivity index (χ0v) is 34.2. The molecule has 0 aliphatic rings. The van der Waals surface area contributed by atoms with E-state index >= 15 is 0 Å². The largest absolute Gasteiger partial charge is 0.550 e. The van der Waals surface area contributed by atoms with Crippen LogP contribution in [0.4, 0.5) is 0 Å². The van der Waals surface area contributed by atoms with Gasteiger partial charge in [0.15, 0.2) is 0 Å². The van der Waals surface area contributed by atoms with E-state index in [4.69, 9.17) is 8.85 Å². The highest BCUT2D eigenvalue weighted by Gasteiger charge is 2.26. The van der Waals surface area contributed by atoms with Gasteiger partial charge in [-0.3, -0.25) is 0 Å². The van der Waals surface area contributed by atoms with Crippen LogP contribution in [-0.2, 0) is 32.5 Å². The molecule has 0 radical (unpaired) electrons. The second-order valence-electron chi connectivity index (χ2n) is 17.0. The highest BCUT2D eigenvalue weighted by molar-refractivity contribution is 6.79. The fourth-order valence-corrected chi connectivity index (χ4v) is 10.9. The normalized spacial score (nSPS) is 13.6. The molecule has 0 unspecified atom stereocenters. The molecule has 2 aromatic rings. The molecule has 44 heavy (non-hydrogen) atoms. The first-order valence-electron chi connectivity index (χ1n) is 16.4. The van der Waals surface area contributed by atoms with Gasteiger partial charge in [-0.2, -0.15) is 0 Å². The summed E-state index contributed by atoms with van der Waals surface area (Å²) in [6.07, 6.45) is 5.86. The lowest BCUT2D eigenvalue weighted by Gasteiger charge is -2.26. The molecule has 0 saturated carbocycles. The second-order valence-corrected chi connectivity index (χ2v) is 30.8. The SMILES string of the molecule is C/C(=C\O[Si](C)(C)CC[Si](C)(C)C)Cc1ccc(C(C)(C)C)cc1.C=C[Si](C)(C)O/C=C(\C)Cc1ccc(C(C)(C)C)cc1. The van der Waals surface area contributed by atoms with E-state index in [9.17, 15) is 0 Å². The van der Waals surface area contributed by atoms with E-state index < -0.39 is 24.7 Å². The summed E-state index contributed by atoms with van der Waals surface area (Å²) in [5.74, 6) is 0. The first kappa shape index (κ1) is 39.9. The highest BCUT2D eigenvalue weighted by Crippen LogP contribution is 2.25. The van der Waals surface area contributed by atoms with Crippen LogP contribution in [0.3, 0.4) is 0 Å². The molecule has 246 valence electrons. The van der Waals surface area contributed by atoms with E-state index in [2.05, 4.69) is 156 Å². The van der Waals surface area contributed by atoms with Gasteiger partial charge in [0.05, 0.1) is 12.5 Å². The minimum Gasteiger partial charge on any atom is -0.550 e. The molecule has 0 aliphatic heterocycles. The van der Waals surface area contributed by atoms with Crippen molar-refractivity contribution in [2.24, 2.45) is 0 Å². The van der Waals surface area contributed by atoms with Crippen molar-refractivity contribution in [1.82, 2.24) is 0 Å². The van der Waals surface area contributed by atoms with Crippen LogP contribution in [0.2, 0.25) is 57.9 Å². The third-order valence-corrected chi connectivity index (χ3v) is 13.9. The Kier molecular flexibility index (Phi) is 14.9. The summed E-state index contributed by atoms with van der Waals surface area (Å²) in [6, 6.07) is 20.6. The second kappa shape index (κ2) is 16.5. The molecule has 0 heterocycles. The zero-order chi connectivity index (χ0) is 34.0. The molecule has 5 heteroatoms. The van der Waals surface area contributed by atoms with Gasteiger partial charge >= 0.3 is 0 Å². The first-order chi connectivity index (χ1) is 19.9. The van der Waals surface area contributed by atoms with Crippen molar-refractivity contribution in [2.75, 3.05) is 0 Å². The molecule has 0 atom stereocenters. The van der Waals surface area contributed by atoms with Crippen molar-refractivity contribution < 1.29 is 8.85 Å². The maximum atomic E-state index is 6.24. The van der Waals surface area contributed by atoms with E-state index in [1.165, 1.54) is 45.5 Å². The molecular formula is C39H66O2Si3. The van der Waals surface area contributed by atoms with E-state index in [1.54, 1.807) is 0 Å². The number of allylic oxidation sites excluding steroid dienone is 2. The maximum Gasteiger partial charge on any atom is 0.268 e. The summed E-state index contributed by atoms with van der Waals surface area (Å²) in [4.78, 5) is 0. The molecule has 2 rings (SSSR count). The zero-order valence-electron chi connectivity index (χ0n) is 31.2. The van der Waals surface area contributed by atoms with Crippen molar-refractivity contribution in [1.29, 1.82) is 0 Å². The van der Waals surface area contributed by atoms with Gasteiger partial charge in [-0.25, -0.2) is 0 Å². The Hall–Kier alpha value is -2.09. The van der Waals surface area contributed by atoms with Gasteiger partial charge in [-0.15, -0.1) is 6.58 Å². The Morgan fingerprint density at radius 2 is 0.977 bits per heavy atom. The van der Waals surface area contributed by atoms with E-state index in [0.29, 0.717) is 0 Å². The molecule has 0 fully saturated rings. The lowest BCUT2D eigenvalue weighted by molar-refractivity contribution is 0.465. The van der Waals surface area contributed by atoms with Crippen LogP contribution < -0.4 is 0 Å². The number of rotatable bonds is 12. The van der Waals surface area contributed by atoms with Crippen LogP contribution in [0.5, 0.6) is 0 Å². The predicted octanol–water partition coefficient (Wildman–Crippen LogP) is 12.4. The van der Waals surface area contributed by atoms with E-state index in [1.807, 2.05) is 18.2 Å². The predicted molar refractivity (Wildman–Crippen MR) is 205 cm³/mol. The average molecular weight is 651 g/mol. The first-order valence-corrected chi connectivity index (χ1v) is 26.2. The van der Waals surface area contributed by atoms with Crippen LogP contribution in [-0.4, -0.2) is 24.7 Å². The smallest absolute Gasteiger partial charge is 0.268 e. The Morgan fingerprint density at radius 3 is 1.30 bits per heavy atom. The van der Waals surface area contributed by atoms with Crippen molar-refractivity contribution >= 4 is 24.7 Å². The molecule has 0 bridgehead atoms. The van der Waals surface area contributed by atoms with Crippen molar-refractivity contribution in [2.45, 2.75) is 137 Å². The Bertz CT molecular complexity index is 1210. The minimum atomic E-state index is -1.70. The molecule has 0 aromatic heterocycles. The van der Waals surface area contributed by atoms with Crippen LogP contribution in [0.15, 0.2) is 84.5 Å². The molecule has 0 aliphatic carbocycles. The summed E-state index contributed by atoms with van der Waals surface area (Å²) < 4.78 is 12.1. The molecule has 2 aromatic carbocycles. The molecular weight excluding hydrogens is 585 g/mol. The Morgan fingerprint density at radius 1 is 0.614 bits per heavy atom. The lowest BCUT2D eigenvalue weighted by Crippen LogP contribution is -2.32. The summed E-state index contributed by atoms with van der Waals surface area (Å²) in [6.45, 7) is 37.9. The maximum absolute atomic E-state index is 6.24. The highest BCUT2D eigenvalue weighted by atomic mass is 28.4. The fraction of sp³-hybridized carbons (Fsp3) is 0.538. The Labute approximate surface area is 276 Å². The van der Waals surface area contributed by atoms with Gasteiger partial charge in [0.25, 0.3) is 8.32 Å². The van der Waals surface area contributed by atoms with Gasteiger partial charge in [-0.1, -0.05) is 121 Å². The molecule has 0 amide bonds. The molecule has 0 saturated heterocycles. The van der Waals surface area contributed by atoms with Crippen LogP contribution in [0.1, 0.15) is 77.6 Å².